The Hall–Kier alpha value is -2.73. The third-order valence-corrected chi connectivity index (χ3v) is 5.27. The van der Waals surface area contributed by atoms with E-state index in [0.29, 0.717) is 5.92 Å². The van der Waals surface area contributed by atoms with Gasteiger partial charge < -0.3 is 4.90 Å². The molecule has 0 unspecified atom stereocenters. The van der Waals surface area contributed by atoms with Gasteiger partial charge in [0.15, 0.2) is 0 Å². The summed E-state index contributed by atoms with van der Waals surface area (Å²) in [7, 11) is 0. The van der Waals surface area contributed by atoms with E-state index in [9.17, 15) is 4.79 Å². The number of pyridine rings is 1. The fourth-order valence-corrected chi connectivity index (χ4v) is 3.94. The number of carbonyl (C=O) groups excluding carboxylic acids is 1. The Labute approximate surface area is 159 Å². The zero-order valence-corrected chi connectivity index (χ0v) is 15.6. The largest absolute Gasteiger partial charge is 0.341 e. The van der Waals surface area contributed by atoms with Crippen LogP contribution in [0.1, 0.15) is 18.2 Å². The molecule has 4 rings (SSSR count). The number of amides is 1. The number of carbonyl (C=O) groups is 1. The molecular weight excluding hydrogens is 338 g/mol. The number of hydrogen-bond donors (Lipinski definition) is 1. The van der Waals surface area contributed by atoms with Gasteiger partial charge in [0.25, 0.3) is 0 Å². The van der Waals surface area contributed by atoms with E-state index in [1.54, 1.807) is 13.1 Å². The van der Waals surface area contributed by atoms with Gasteiger partial charge in [0.2, 0.25) is 5.91 Å². The first kappa shape index (κ1) is 17.7. The van der Waals surface area contributed by atoms with Crippen molar-refractivity contribution in [2.75, 3.05) is 26.2 Å². The highest BCUT2D eigenvalue weighted by atomic mass is 16.2. The molecule has 0 bridgehead atoms. The SMILES string of the molecule is CC(=O)N1CCN(Cc2ccn[nH]2)C[C@@H](Cc2ccc3ncccc3c2)C1. The summed E-state index contributed by atoms with van der Waals surface area (Å²) >= 11 is 0. The van der Waals surface area contributed by atoms with Crippen LogP contribution in [0.2, 0.25) is 0 Å². The minimum atomic E-state index is 0.158. The Morgan fingerprint density at radius 1 is 1.19 bits per heavy atom. The maximum atomic E-state index is 12.0. The van der Waals surface area contributed by atoms with Crippen LogP contribution in [0.15, 0.2) is 48.8 Å². The standard InChI is InChI=1S/C21H25N5O/c1-16(27)26-10-9-25(15-20-6-8-23-24-20)13-18(14-26)11-17-4-5-21-19(12-17)3-2-7-22-21/h2-8,12,18H,9-11,13-15H2,1H3,(H,23,24)/t18-/m1/s1. The average molecular weight is 363 g/mol. The molecule has 1 N–H and O–H groups in total. The molecule has 2 aromatic heterocycles. The number of aromatic nitrogens is 3. The molecule has 0 spiro atoms. The molecule has 6 heteroatoms. The molecule has 3 aromatic rings. The average Bonchev–Trinajstić information content (AvgIpc) is 3.09. The topological polar surface area (TPSA) is 65.1 Å². The molecule has 3 heterocycles. The van der Waals surface area contributed by atoms with Crippen LogP contribution in [0.5, 0.6) is 0 Å². The van der Waals surface area contributed by atoms with Crippen LogP contribution in [0.4, 0.5) is 0 Å². The maximum Gasteiger partial charge on any atom is 0.219 e. The van der Waals surface area contributed by atoms with Gasteiger partial charge >= 0.3 is 0 Å². The van der Waals surface area contributed by atoms with Crippen LogP contribution in [-0.4, -0.2) is 57.1 Å². The quantitative estimate of drug-likeness (QED) is 0.773. The van der Waals surface area contributed by atoms with E-state index in [1.165, 1.54) is 10.9 Å². The molecule has 1 aromatic carbocycles. The summed E-state index contributed by atoms with van der Waals surface area (Å²) in [6.07, 6.45) is 4.56. The lowest BCUT2D eigenvalue weighted by molar-refractivity contribution is -0.129. The van der Waals surface area contributed by atoms with E-state index in [-0.39, 0.29) is 5.91 Å². The van der Waals surface area contributed by atoms with Gasteiger partial charge in [-0.05, 0) is 42.2 Å². The third-order valence-electron chi connectivity index (χ3n) is 5.27. The highest BCUT2D eigenvalue weighted by molar-refractivity contribution is 5.78. The maximum absolute atomic E-state index is 12.0. The van der Waals surface area contributed by atoms with Crippen molar-refractivity contribution in [1.29, 1.82) is 0 Å². The lowest BCUT2D eigenvalue weighted by Gasteiger charge is -2.24. The predicted molar refractivity (Wildman–Crippen MR) is 105 cm³/mol. The number of rotatable bonds is 4. The second-order valence-corrected chi connectivity index (χ2v) is 7.38. The van der Waals surface area contributed by atoms with E-state index < -0.39 is 0 Å². The summed E-state index contributed by atoms with van der Waals surface area (Å²) in [5.41, 5.74) is 3.43. The molecule has 27 heavy (non-hydrogen) atoms. The second-order valence-electron chi connectivity index (χ2n) is 7.38. The summed E-state index contributed by atoms with van der Waals surface area (Å²) in [5, 5.41) is 8.26. The number of aromatic amines is 1. The Morgan fingerprint density at radius 3 is 2.93 bits per heavy atom. The fraction of sp³-hybridized carbons (Fsp3) is 0.381. The molecule has 1 saturated heterocycles. The fourth-order valence-electron chi connectivity index (χ4n) is 3.94. The molecule has 1 fully saturated rings. The first-order chi connectivity index (χ1) is 13.2. The normalized spacial score (nSPS) is 18.6. The van der Waals surface area contributed by atoms with E-state index in [4.69, 9.17) is 0 Å². The number of nitrogens with zero attached hydrogens (tertiary/aromatic N) is 4. The van der Waals surface area contributed by atoms with E-state index >= 15 is 0 Å². The lowest BCUT2D eigenvalue weighted by Crippen LogP contribution is -2.34. The van der Waals surface area contributed by atoms with Gasteiger partial charge in [-0.25, -0.2) is 0 Å². The van der Waals surface area contributed by atoms with Crippen molar-refractivity contribution in [3.8, 4) is 0 Å². The Balaban J connectivity index is 1.52. The van der Waals surface area contributed by atoms with Gasteiger partial charge in [0, 0.05) is 63.1 Å². The van der Waals surface area contributed by atoms with E-state index in [1.807, 2.05) is 23.2 Å². The number of nitrogens with one attached hydrogen (secondary N) is 1. The monoisotopic (exact) mass is 363 g/mol. The molecule has 1 amide bonds. The highest BCUT2D eigenvalue weighted by Gasteiger charge is 2.24. The summed E-state index contributed by atoms with van der Waals surface area (Å²) < 4.78 is 0. The summed E-state index contributed by atoms with van der Waals surface area (Å²) in [6, 6.07) is 12.6. The number of hydrogen-bond acceptors (Lipinski definition) is 4. The van der Waals surface area contributed by atoms with Crippen molar-refractivity contribution in [2.45, 2.75) is 19.9 Å². The zero-order chi connectivity index (χ0) is 18.6. The summed E-state index contributed by atoms with van der Waals surface area (Å²) in [6.45, 7) is 5.94. The summed E-state index contributed by atoms with van der Waals surface area (Å²) in [4.78, 5) is 20.8. The van der Waals surface area contributed by atoms with Crippen molar-refractivity contribution >= 4 is 16.8 Å². The van der Waals surface area contributed by atoms with Crippen molar-refractivity contribution in [3.05, 3.63) is 60.0 Å². The van der Waals surface area contributed by atoms with Crippen LogP contribution in [-0.2, 0) is 17.8 Å². The molecule has 6 nitrogen and oxygen atoms in total. The lowest BCUT2D eigenvalue weighted by atomic mass is 9.97. The summed E-state index contributed by atoms with van der Waals surface area (Å²) in [5.74, 6) is 0.555. The smallest absolute Gasteiger partial charge is 0.219 e. The first-order valence-corrected chi connectivity index (χ1v) is 9.47. The zero-order valence-electron chi connectivity index (χ0n) is 15.6. The number of benzene rings is 1. The molecule has 0 saturated carbocycles. The van der Waals surface area contributed by atoms with Gasteiger partial charge in [0.1, 0.15) is 0 Å². The van der Waals surface area contributed by atoms with Crippen LogP contribution >= 0.6 is 0 Å². The van der Waals surface area contributed by atoms with Crippen LogP contribution in [0.3, 0.4) is 0 Å². The number of H-pyrrole nitrogens is 1. The molecule has 1 atom stereocenters. The first-order valence-electron chi connectivity index (χ1n) is 9.47. The van der Waals surface area contributed by atoms with Gasteiger partial charge in [-0.3, -0.25) is 19.8 Å². The van der Waals surface area contributed by atoms with Crippen molar-refractivity contribution in [2.24, 2.45) is 5.92 Å². The van der Waals surface area contributed by atoms with Gasteiger partial charge in [-0.1, -0.05) is 12.1 Å². The molecule has 0 radical (unpaired) electrons. The minimum absolute atomic E-state index is 0.158. The molecular formula is C21H25N5O. The van der Waals surface area contributed by atoms with Gasteiger partial charge in [0.05, 0.1) is 5.52 Å². The highest BCUT2D eigenvalue weighted by Crippen LogP contribution is 2.20. The van der Waals surface area contributed by atoms with Crippen molar-refractivity contribution < 1.29 is 4.79 Å². The molecule has 1 aliphatic heterocycles. The van der Waals surface area contributed by atoms with E-state index in [2.05, 4.69) is 44.3 Å². The minimum Gasteiger partial charge on any atom is -0.341 e. The van der Waals surface area contributed by atoms with Crippen LogP contribution in [0.25, 0.3) is 10.9 Å². The molecule has 140 valence electrons. The second kappa shape index (κ2) is 7.88. The Bertz CT molecular complexity index is 908. The molecule has 0 aliphatic carbocycles. The van der Waals surface area contributed by atoms with Gasteiger partial charge in [-0.15, -0.1) is 0 Å². The Kier molecular flexibility index (Phi) is 5.16. The third kappa shape index (κ3) is 4.34. The molecule has 1 aliphatic rings. The van der Waals surface area contributed by atoms with Crippen LogP contribution in [0, 0.1) is 5.92 Å². The predicted octanol–water partition coefficient (Wildman–Crippen LogP) is 2.48. The van der Waals surface area contributed by atoms with E-state index in [0.717, 1.165) is 50.4 Å². The van der Waals surface area contributed by atoms with Crippen molar-refractivity contribution in [3.63, 3.8) is 0 Å². The van der Waals surface area contributed by atoms with Crippen LogP contribution < -0.4 is 0 Å². The number of fused-ring (bicyclic) bond motifs is 1. The van der Waals surface area contributed by atoms with Gasteiger partial charge in [-0.2, -0.15) is 5.10 Å². The Morgan fingerprint density at radius 2 is 2.11 bits per heavy atom. The van der Waals surface area contributed by atoms with Crippen molar-refractivity contribution in [1.82, 2.24) is 25.0 Å².